The Labute approximate surface area is 76.5 Å². The summed E-state index contributed by atoms with van der Waals surface area (Å²) in [5.41, 5.74) is 5.81. The van der Waals surface area contributed by atoms with E-state index in [0.29, 0.717) is 19.3 Å². The predicted molar refractivity (Wildman–Crippen MR) is 46.9 cm³/mol. The van der Waals surface area contributed by atoms with E-state index in [1.807, 2.05) is 13.2 Å². The summed E-state index contributed by atoms with van der Waals surface area (Å²) in [5, 5.41) is 17.6. The third-order valence-corrected chi connectivity index (χ3v) is 2.44. The van der Waals surface area contributed by atoms with Crippen LogP contribution in [0, 0.1) is 0 Å². The molecule has 1 heterocycles. The zero-order chi connectivity index (χ0) is 9.47. The monoisotopic (exact) mass is 182 g/mol. The molecule has 0 unspecified atom stereocenters. The average Bonchev–Trinajstić information content (AvgIpc) is 2.32. The summed E-state index contributed by atoms with van der Waals surface area (Å²) in [4.78, 5) is 0. The predicted octanol–water partition coefficient (Wildman–Crippen LogP) is -0.790. The Bertz CT molecular complexity index is 303. The van der Waals surface area contributed by atoms with Gasteiger partial charge in [0.15, 0.2) is 0 Å². The van der Waals surface area contributed by atoms with E-state index in [-0.39, 0.29) is 6.04 Å². The third-order valence-electron chi connectivity index (χ3n) is 2.44. The molecular formula is C8H14N4O. The molecule has 1 aromatic rings. The fourth-order valence-corrected chi connectivity index (χ4v) is 1.87. The molecule has 0 aromatic carbocycles. The van der Waals surface area contributed by atoms with Crippen molar-refractivity contribution in [3.63, 3.8) is 0 Å². The molecule has 0 spiro atoms. The molecule has 5 heteroatoms. The summed E-state index contributed by atoms with van der Waals surface area (Å²) in [6, 6.07) is 0.154. The van der Waals surface area contributed by atoms with Gasteiger partial charge in [-0.05, 0) is 12.8 Å². The van der Waals surface area contributed by atoms with Crippen molar-refractivity contribution in [3.05, 3.63) is 11.9 Å². The first kappa shape index (κ1) is 8.65. The molecule has 1 aromatic heterocycles. The zero-order valence-corrected chi connectivity index (χ0v) is 7.64. The van der Waals surface area contributed by atoms with Crippen LogP contribution < -0.4 is 5.73 Å². The smallest absolute Gasteiger partial charge is 0.0855 e. The molecule has 0 saturated heterocycles. The lowest BCUT2D eigenvalue weighted by Crippen LogP contribution is -2.52. The number of aliphatic hydroxyl groups is 1. The van der Waals surface area contributed by atoms with Crippen molar-refractivity contribution in [3.8, 4) is 0 Å². The summed E-state index contributed by atoms with van der Waals surface area (Å²) in [5.74, 6) is 0. The number of rotatable bonds is 2. The van der Waals surface area contributed by atoms with E-state index < -0.39 is 5.60 Å². The van der Waals surface area contributed by atoms with Crippen molar-refractivity contribution in [1.82, 2.24) is 15.0 Å². The van der Waals surface area contributed by atoms with Gasteiger partial charge in [0.25, 0.3) is 0 Å². The Balaban J connectivity index is 1.99. The number of aryl methyl sites for hydroxylation is 1. The topological polar surface area (TPSA) is 77.0 Å². The van der Waals surface area contributed by atoms with E-state index >= 15 is 0 Å². The van der Waals surface area contributed by atoms with Crippen molar-refractivity contribution in [2.24, 2.45) is 12.8 Å². The highest BCUT2D eigenvalue weighted by Gasteiger charge is 2.41. The van der Waals surface area contributed by atoms with E-state index in [4.69, 9.17) is 5.73 Å². The van der Waals surface area contributed by atoms with E-state index in [2.05, 4.69) is 10.3 Å². The van der Waals surface area contributed by atoms with Crippen molar-refractivity contribution in [1.29, 1.82) is 0 Å². The molecule has 0 amide bonds. The van der Waals surface area contributed by atoms with Gasteiger partial charge in [-0.1, -0.05) is 5.21 Å². The Morgan fingerprint density at radius 3 is 2.92 bits per heavy atom. The molecule has 0 bridgehead atoms. The molecule has 3 N–H and O–H groups in total. The van der Waals surface area contributed by atoms with Crippen LogP contribution in [0.1, 0.15) is 18.5 Å². The lowest BCUT2D eigenvalue weighted by Gasteiger charge is -2.41. The van der Waals surface area contributed by atoms with Gasteiger partial charge in [0.1, 0.15) is 0 Å². The van der Waals surface area contributed by atoms with Gasteiger partial charge in [-0.2, -0.15) is 0 Å². The van der Waals surface area contributed by atoms with Crippen LogP contribution in [0.2, 0.25) is 0 Å². The Hall–Kier alpha value is -0.940. The van der Waals surface area contributed by atoms with E-state index in [1.165, 1.54) is 0 Å². The average molecular weight is 182 g/mol. The molecule has 1 saturated carbocycles. The highest BCUT2D eigenvalue weighted by molar-refractivity contribution is 5.06. The summed E-state index contributed by atoms with van der Waals surface area (Å²) >= 11 is 0. The number of aromatic nitrogens is 3. The first-order valence-electron chi connectivity index (χ1n) is 4.41. The van der Waals surface area contributed by atoms with Crippen LogP contribution in [-0.2, 0) is 13.5 Å². The number of hydrogen-bond donors (Lipinski definition) is 2. The van der Waals surface area contributed by atoms with Crippen LogP contribution in [0.15, 0.2) is 6.20 Å². The molecule has 0 radical (unpaired) electrons. The third kappa shape index (κ3) is 1.71. The Morgan fingerprint density at radius 1 is 1.77 bits per heavy atom. The van der Waals surface area contributed by atoms with Gasteiger partial charge in [0.05, 0.1) is 11.3 Å². The van der Waals surface area contributed by atoms with Gasteiger partial charge in [-0.15, -0.1) is 5.10 Å². The second-order valence-electron chi connectivity index (χ2n) is 3.95. The molecule has 13 heavy (non-hydrogen) atoms. The minimum Gasteiger partial charge on any atom is -0.389 e. The number of hydrogen-bond acceptors (Lipinski definition) is 4. The quantitative estimate of drug-likeness (QED) is 0.628. The Kier molecular flexibility index (Phi) is 1.85. The first-order chi connectivity index (χ1) is 6.07. The normalized spacial score (nSPS) is 33.0. The zero-order valence-electron chi connectivity index (χ0n) is 7.64. The summed E-state index contributed by atoms with van der Waals surface area (Å²) < 4.78 is 1.64. The lowest BCUT2D eigenvalue weighted by molar-refractivity contribution is -0.0462. The van der Waals surface area contributed by atoms with Crippen LogP contribution in [0.25, 0.3) is 0 Å². The van der Waals surface area contributed by atoms with Crippen LogP contribution in [0.3, 0.4) is 0 Å². The minimum atomic E-state index is -0.630. The minimum absolute atomic E-state index is 0.154. The maximum absolute atomic E-state index is 9.89. The molecule has 0 aliphatic heterocycles. The van der Waals surface area contributed by atoms with E-state index in [0.717, 1.165) is 5.69 Å². The lowest BCUT2D eigenvalue weighted by atomic mass is 9.73. The second-order valence-corrected chi connectivity index (χ2v) is 3.95. The van der Waals surface area contributed by atoms with Gasteiger partial charge >= 0.3 is 0 Å². The fraction of sp³-hybridized carbons (Fsp3) is 0.750. The maximum Gasteiger partial charge on any atom is 0.0855 e. The van der Waals surface area contributed by atoms with E-state index in [9.17, 15) is 5.11 Å². The van der Waals surface area contributed by atoms with Gasteiger partial charge in [0, 0.05) is 25.7 Å². The van der Waals surface area contributed by atoms with Crippen LogP contribution in [0.5, 0.6) is 0 Å². The maximum atomic E-state index is 9.89. The van der Waals surface area contributed by atoms with Gasteiger partial charge in [-0.25, -0.2) is 0 Å². The SMILES string of the molecule is Cn1cc(CC2(O)CC(N)C2)nn1. The summed E-state index contributed by atoms with van der Waals surface area (Å²) in [6.45, 7) is 0. The number of nitrogens with two attached hydrogens (primary N) is 1. The van der Waals surface area contributed by atoms with Crippen molar-refractivity contribution in [2.75, 3.05) is 0 Å². The standard InChI is InChI=1S/C8H14N4O/c1-12-5-7(10-11-12)4-8(13)2-6(9)3-8/h5-6,13H,2-4,9H2,1H3. The molecule has 72 valence electrons. The second kappa shape index (κ2) is 2.78. The highest BCUT2D eigenvalue weighted by Crippen LogP contribution is 2.33. The molecule has 0 atom stereocenters. The first-order valence-corrected chi connectivity index (χ1v) is 4.41. The molecule has 2 rings (SSSR count). The van der Waals surface area contributed by atoms with Crippen molar-refractivity contribution < 1.29 is 5.11 Å². The summed E-state index contributed by atoms with van der Waals surface area (Å²) in [6.07, 6.45) is 3.73. The molecule has 1 fully saturated rings. The van der Waals surface area contributed by atoms with Crippen LogP contribution in [0.4, 0.5) is 0 Å². The molecular weight excluding hydrogens is 168 g/mol. The van der Waals surface area contributed by atoms with Crippen molar-refractivity contribution in [2.45, 2.75) is 30.9 Å². The molecule has 1 aliphatic rings. The van der Waals surface area contributed by atoms with Crippen LogP contribution >= 0.6 is 0 Å². The molecule has 5 nitrogen and oxygen atoms in total. The Morgan fingerprint density at radius 2 is 2.46 bits per heavy atom. The highest BCUT2D eigenvalue weighted by atomic mass is 16.3. The summed E-state index contributed by atoms with van der Waals surface area (Å²) in [7, 11) is 1.81. The van der Waals surface area contributed by atoms with Gasteiger partial charge in [0.2, 0.25) is 0 Å². The fourth-order valence-electron chi connectivity index (χ4n) is 1.87. The van der Waals surface area contributed by atoms with Gasteiger partial charge < -0.3 is 10.8 Å². The van der Waals surface area contributed by atoms with Gasteiger partial charge in [-0.3, -0.25) is 4.68 Å². The van der Waals surface area contributed by atoms with E-state index in [1.54, 1.807) is 4.68 Å². The largest absolute Gasteiger partial charge is 0.389 e. The molecule has 1 aliphatic carbocycles. The van der Waals surface area contributed by atoms with Crippen LogP contribution in [-0.4, -0.2) is 31.7 Å². The number of nitrogens with zero attached hydrogens (tertiary/aromatic N) is 3. The van der Waals surface area contributed by atoms with Crippen molar-refractivity contribution >= 4 is 0 Å².